The van der Waals surface area contributed by atoms with E-state index in [1.54, 1.807) is 0 Å². The van der Waals surface area contributed by atoms with Gasteiger partial charge in [-0.05, 0) is 30.2 Å². The summed E-state index contributed by atoms with van der Waals surface area (Å²) in [6.45, 7) is 2.18. The molecule has 0 N–H and O–H groups in total. The Hall–Kier alpha value is -2.48. The molecule has 3 aromatic rings. The SMILES string of the molecule is Cc1ccccc1-c1c2c(cc[n+]1C)-c1cccnc1C2. The van der Waals surface area contributed by atoms with Crippen LogP contribution in [0.15, 0.2) is 54.9 Å². The van der Waals surface area contributed by atoms with Crippen molar-refractivity contribution in [3.8, 4) is 22.4 Å². The van der Waals surface area contributed by atoms with Crippen molar-refractivity contribution in [2.24, 2.45) is 7.05 Å². The van der Waals surface area contributed by atoms with Crippen molar-refractivity contribution in [1.82, 2.24) is 4.98 Å². The monoisotopic (exact) mass is 273 g/mol. The van der Waals surface area contributed by atoms with Gasteiger partial charge in [0.1, 0.15) is 7.05 Å². The molecule has 1 aliphatic carbocycles. The van der Waals surface area contributed by atoms with Gasteiger partial charge in [0.05, 0.1) is 5.69 Å². The van der Waals surface area contributed by atoms with Crippen LogP contribution in [0.5, 0.6) is 0 Å². The van der Waals surface area contributed by atoms with Crippen LogP contribution in [0, 0.1) is 6.92 Å². The molecule has 0 saturated heterocycles. The summed E-state index contributed by atoms with van der Waals surface area (Å²) in [5, 5.41) is 0. The molecule has 2 heteroatoms. The summed E-state index contributed by atoms with van der Waals surface area (Å²) in [5.41, 5.74) is 9.12. The first kappa shape index (κ1) is 12.3. The Labute approximate surface area is 124 Å². The zero-order valence-corrected chi connectivity index (χ0v) is 12.3. The van der Waals surface area contributed by atoms with Crippen LogP contribution in [0.1, 0.15) is 16.8 Å². The summed E-state index contributed by atoms with van der Waals surface area (Å²) in [7, 11) is 2.12. The van der Waals surface area contributed by atoms with Crippen LogP contribution in [0.3, 0.4) is 0 Å². The van der Waals surface area contributed by atoms with Crippen LogP contribution in [-0.2, 0) is 13.5 Å². The third-order valence-electron chi connectivity index (χ3n) is 4.35. The Kier molecular flexibility index (Phi) is 2.64. The van der Waals surface area contributed by atoms with Gasteiger partial charge < -0.3 is 0 Å². The summed E-state index contributed by atoms with van der Waals surface area (Å²) in [4.78, 5) is 4.55. The lowest BCUT2D eigenvalue weighted by Gasteiger charge is -2.08. The number of aromatic nitrogens is 2. The van der Waals surface area contributed by atoms with Crippen LogP contribution < -0.4 is 4.57 Å². The van der Waals surface area contributed by atoms with Gasteiger partial charge in [-0.25, -0.2) is 4.57 Å². The highest BCUT2D eigenvalue weighted by atomic mass is 14.9. The molecule has 21 heavy (non-hydrogen) atoms. The van der Waals surface area contributed by atoms with E-state index in [-0.39, 0.29) is 0 Å². The van der Waals surface area contributed by atoms with E-state index in [1.165, 1.54) is 39.2 Å². The van der Waals surface area contributed by atoms with Crippen molar-refractivity contribution in [3.63, 3.8) is 0 Å². The molecule has 0 radical (unpaired) electrons. The van der Waals surface area contributed by atoms with Crippen LogP contribution in [0.2, 0.25) is 0 Å². The van der Waals surface area contributed by atoms with Crippen LogP contribution in [0.25, 0.3) is 22.4 Å². The summed E-state index contributed by atoms with van der Waals surface area (Å²) >= 11 is 0. The quantitative estimate of drug-likeness (QED) is 0.485. The third-order valence-corrected chi connectivity index (χ3v) is 4.35. The standard InChI is InChI=1S/C19H17N2/c1-13-6-3-4-7-14(13)19-17-12-18-16(8-5-10-20-18)15(17)9-11-21(19)2/h3-11H,12H2,1-2H3/q+1. The minimum Gasteiger partial charge on any atom is -0.260 e. The van der Waals surface area contributed by atoms with E-state index in [9.17, 15) is 0 Å². The zero-order chi connectivity index (χ0) is 14.4. The van der Waals surface area contributed by atoms with Crippen molar-refractivity contribution >= 4 is 0 Å². The molecule has 0 spiro atoms. The first-order valence-corrected chi connectivity index (χ1v) is 7.27. The minimum atomic E-state index is 0.920. The number of aryl methyl sites for hydroxylation is 2. The van der Waals surface area contributed by atoms with Gasteiger partial charge in [-0.1, -0.05) is 24.3 Å². The first-order chi connectivity index (χ1) is 10.3. The van der Waals surface area contributed by atoms with Gasteiger partial charge in [0.2, 0.25) is 5.69 Å². The van der Waals surface area contributed by atoms with Gasteiger partial charge in [0.15, 0.2) is 6.20 Å². The molecular weight excluding hydrogens is 256 g/mol. The topological polar surface area (TPSA) is 16.8 Å². The first-order valence-electron chi connectivity index (χ1n) is 7.27. The highest BCUT2D eigenvalue weighted by Gasteiger charge is 2.28. The number of hydrogen-bond donors (Lipinski definition) is 0. The Morgan fingerprint density at radius 3 is 2.62 bits per heavy atom. The second-order valence-corrected chi connectivity index (χ2v) is 5.66. The Morgan fingerprint density at radius 2 is 1.76 bits per heavy atom. The van der Waals surface area contributed by atoms with Crippen molar-refractivity contribution in [2.45, 2.75) is 13.3 Å². The number of pyridine rings is 2. The lowest BCUT2D eigenvalue weighted by molar-refractivity contribution is -0.660. The largest absolute Gasteiger partial charge is 0.260 e. The molecule has 0 saturated carbocycles. The number of rotatable bonds is 1. The second kappa shape index (κ2) is 4.52. The van der Waals surface area contributed by atoms with Gasteiger partial charge in [0.25, 0.3) is 0 Å². The maximum absolute atomic E-state index is 4.55. The predicted molar refractivity (Wildman–Crippen MR) is 83.8 cm³/mol. The average Bonchev–Trinajstić information content (AvgIpc) is 2.87. The van der Waals surface area contributed by atoms with Crippen molar-refractivity contribution < 1.29 is 4.57 Å². The molecule has 0 unspecified atom stereocenters. The molecular formula is C19H17N2+. The fraction of sp³-hybridized carbons (Fsp3) is 0.158. The molecule has 4 rings (SSSR count). The molecule has 0 fully saturated rings. The van der Waals surface area contributed by atoms with Gasteiger partial charge in [-0.3, -0.25) is 4.98 Å². The number of hydrogen-bond acceptors (Lipinski definition) is 1. The van der Waals surface area contributed by atoms with Crippen LogP contribution in [0.4, 0.5) is 0 Å². The molecule has 102 valence electrons. The van der Waals surface area contributed by atoms with E-state index < -0.39 is 0 Å². The summed E-state index contributed by atoms with van der Waals surface area (Å²) < 4.78 is 2.23. The Balaban J connectivity index is 2.01. The van der Waals surface area contributed by atoms with Crippen molar-refractivity contribution in [1.29, 1.82) is 0 Å². The molecule has 2 heterocycles. The number of nitrogens with zero attached hydrogens (tertiary/aromatic N) is 2. The maximum Gasteiger partial charge on any atom is 0.216 e. The predicted octanol–water partition coefficient (Wildman–Crippen LogP) is 3.45. The molecule has 2 nitrogen and oxygen atoms in total. The van der Waals surface area contributed by atoms with Gasteiger partial charge in [-0.15, -0.1) is 0 Å². The minimum absolute atomic E-state index is 0.920. The molecule has 0 bridgehead atoms. The van der Waals surface area contributed by atoms with E-state index in [1.807, 2.05) is 12.3 Å². The lowest BCUT2D eigenvalue weighted by Crippen LogP contribution is -2.32. The fourth-order valence-corrected chi connectivity index (χ4v) is 3.32. The normalized spacial score (nSPS) is 12.1. The van der Waals surface area contributed by atoms with Crippen LogP contribution in [-0.4, -0.2) is 4.98 Å². The highest BCUT2D eigenvalue weighted by Crippen LogP contribution is 2.39. The Morgan fingerprint density at radius 1 is 0.952 bits per heavy atom. The summed E-state index contributed by atoms with van der Waals surface area (Å²) in [6, 6.07) is 15.0. The van der Waals surface area contributed by atoms with Gasteiger partial charge in [0, 0.05) is 35.4 Å². The average molecular weight is 273 g/mol. The molecule has 0 aliphatic heterocycles. The maximum atomic E-state index is 4.55. The van der Waals surface area contributed by atoms with Crippen LogP contribution >= 0.6 is 0 Å². The van der Waals surface area contributed by atoms with Gasteiger partial charge in [-0.2, -0.15) is 0 Å². The van der Waals surface area contributed by atoms with E-state index in [4.69, 9.17) is 0 Å². The van der Waals surface area contributed by atoms with Gasteiger partial charge >= 0.3 is 0 Å². The summed E-state index contributed by atoms with van der Waals surface area (Å²) in [5.74, 6) is 0. The van der Waals surface area contributed by atoms with E-state index in [2.05, 4.69) is 66.1 Å². The Bertz CT molecular complexity index is 850. The number of benzene rings is 1. The molecule has 1 aliphatic rings. The zero-order valence-electron chi connectivity index (χ0n) is 12.3. The molecule has 0 atom stereocenters. The van der Waals surface area contributed by atoms with Crippen molar-refractivity contribution in [3.05, 3.63) is 71.7 Å². The molecule has 0 amide bonds. The molecule has 1 aromatic carbocycles. The summed E-state index contributed by atoms with van der Waals surface area (Å²) in [6.07, 6.45) is 4.96. The third kappa shape index (κ3) is 1.79. The van der Waals surface area contributed by atoms with Crippen molar-refractivity contribution in [2.75, 3.05) is 0 Å². The lowest BCUT2D eigenvalue weighted by atomic mass is 9.98. The molecule has 2 aromatic heterocycles. The van der Waals surface area contributed by atoms with E-state index in [0.29, 0.717) is 0 Å². The van der Waals surface area contributed by atoms with E-state index in [0.717, 1.165) is 6.42 Å². The number of fused-ring (bicyclic) bond motifs is 3. The smallest absolute Gasteiger partial charge is 0.216 e. The van der Waals surface area contributed by atoms with E-state index >= 15 is 0 Å². The second-order valence-electron chi connectivity index (χ2n) is 5.66. The fourth-order valence-electron chi connectivity index (χ4n) is 3.32. The highest BCUT2D eigenvalue weighted by molar-refractivity contribution is 5.81.